The maximum Gasteiger partial charge on any atom is 0.322 e. The summed E-state index contributed by atoms with van der Waals surface area (Å²) in [6.07, 6.45) is 2.91. The van der Waals surface area contributed by atoms with Gasteiger partial charge in [0.1, 0.15) is 11.5 Å². The number of methoxy groups -OCH3 is 1. The van der Waals surface area contributed by atoms with E-state index >= 15 is 0 Å². The molecule has 0 spiro atoms. The van der Waals surface area contributed by atoms with Crippen molar-refractivity contribution < 1.29 is 28.6 Å². The van der Waals surface area contributed by atoms with E-state index in [4.69, 9.17) is 14.9 Å². The molecule has 11 nitrogen and oxygen atoms in total. The number of rotatable bonds is 5. The van der Waals surface area contributed by atoms with Crippen LogP contribution in [0.4, 0.5) is 4.79 Å². The van der Waals surface area contributed by atoms with Crippen LogP contribution in [0, 0.1) is 0 Å². The van der Waals surface area contributed by atoms with Crippen molar-refractivity contribution in [2.24, 2.45) is 5.73 Å². The molecular formula is C21H17N5O6. The highest BCUT2D eigenvalue weighted by molar-refractivity contribution is 6.07. The molecule has 1 aliphatic heterocycles. The highest BCUT2D eigenvalue weighted by Gasteiger charge is 2.51. The summed E-state index contributed by atoms with van der Waals surface area (Å²) in [5.41, 5.74) is 3.97. The number of aromatic hydroxyl groups is 1. The molecule has 0 bridgehead atoms. The van der Waals surface area contributed by atoms with E-state index < -0.39 is 23.4 Å². The van der Waals surface area contributed by atoms with Crippen LogP contribution in [0.15, 0.2) is 47.1 Å². The van der Waals surface area contributed by atoms with E-state index in [1.54, 1.807) is 24.4 Å². The van der Waals surface area contributed by atoms with Gasteiger partial charge in [0.25, 0.3) is 5.91 Å². The number of aromatic nitrogens is 2. The molecule has 0 aliphatic carbocycles. The minimum Gasteiger partial charge on any atom is -0.497 e. The molecule has 1 atom stereocenters. The van der Waals surface area contributed by atoms with Crippen molar-refractivity contribution in [1.82, 2.24) is 20.2 Å². The summed E-state index contributed by atoms with van der Waals surface area (Å²) in [4.78, 5) is 40.5. The Bertz CT molecular complexity index is 1440. The lowest BCUT2D eigenvalue weighted by atomic mass is 9.96. The minimum atomic E-state index is -1.67. The number of primary amides is 1. The van der Waals surface area contributed by atoms with Crippen LogP contribution in [-0.4, -0.2) is 39.6 Å². The maximum absolute atomic E-state index is 12.9. The minimum absolute atomic E-state index is 0.0831. The van der Waals surface area contributed by atoms with E-state index in [-0.39, 0.29) is 29.5 Å². The van der Waals surface area contributed by atoms with Crippen molar-refractivity contribution >= 4 is 39.7 Å². The first-order chi connectivity index (χ1) is 15.3. The van der Waals surface area contributed by atoms with E-state index in [1.807, 2.05) is 0 Å². The number of imide groups is 1. The SMILES string of the molecule is COc1ccc2cn(C[C@@]3(c4cc5cc(C(N)=O)cnc5o4)NC(=O)NC3=O)c(O)c2c1. The van der Waals surface area contributed by atoms with Crippen LogP contribution in [0.25, 0.3) is 21.9 Å². The van der Waals surface area contributed by atoms with E-state index in [1.165, 1.54) is 30.0 Å². The Hall–Kier alpha value is -4.54. The third kappa shape index (κ3) is 2.82. The van der Waals surface area contributed by atoms with Crippen LogP contribution >= 0.6 is 0 Å². The number of hydrogen-bond donors (Lipinski definition) is 4. The predicted molar refractivity (Wildman–Crippen MR) is 111 cm³/mol. The number of furan rings is 1. The van der Waals surface area contributed by atoms with Crippen molar-refractivity contribution in [2.75, 3.05) is 7.11 Å². The van der Waals surface area contributed by atoms with Gasteiger partial charge in [-0.1, -0.05) is 0 Å². The monoisotopic (exact) mass is 435 g/mol. The molecule has 1 fully saturated rings. The fourth-order valence-corrected chi connectivity index (χ4v) is 3.86. The highest BCUT2D eigenvalue weighted by Crippen LogP contribution is 2.36. The molecule has 3 aromatic heterocycles. The van der Waals surface area contributed by atoms with Gasteiger partial charge in [-0.25, -0.2) is 9.78 Å². The smallest absolute Gasteiger partial charge is 0.322 e. The molecule has 4 heterocycles. The second-order valence-corrected chi connectivity index (χ2v) is 7.44. The zero-order chi connectivity index (χ0) is 22.6. The first kappa shape index (κ1) is 19.4. The Morgan fingerprint density at radius 1 is 1.28 bits per heavy atom. The van der Waals surface area contributed by atoms with Crippen LogP contribution in [0.1, 0.15) is 16.1 Å². The number of nitrogens with zero attached hydrogens (tertiary/aromatic N) is 2. The number of amides is 4. The molecular weight excluding hydrogens is 418 g/mol. The van der Waals surface area contributed by atoms with E-state index in [0.717, 1.165) is 0 Å². The van der Waals surface area contributed by atoms with Crippen LogP contribution < -0.4 is 21.1 Å². The van der Waals surface area contributed by atoms with Crippen molar-refractivity contribution in [3.8, 4) is 11.6 Å². The van der Waals surface area contributed by atoms with Gasteiger partial charge in [-0.05, 0) is 30.3 Å². The van der Waals surface area contributed by atoms with Crippen LogP contribution in [0.3, 0.4) is 0 Å². The van der Waals surface area contributed by atoms with Crippen molar-refractivity contribution in [2.45, 2.75) is 12.1 Å². The van der Waals surface area contributed by atoms with Gasteiger partial charge in [-0.2, -0.15) is 0 Å². The fourth-order valence-electron chi connectivity index (χ4n) is 3.86. The van der Waals surface area contributed by atoms with Crippen molar-refractivity contribution in [1.29, 1.82) is 0 Å². The lowest BCUT2D eigenvalue weighted by Crippen LogP contribution is -2.47. The Labute approximate surface area is 179 Å². The van der Waals surface area contributed by atoms with Crippen molar-refractivity contribution in [3.63, 3.8) is 0 Å². The molecule has 32 heavy (non-hydrogen) atoms. The Balaban J connectivity index is 1.64. The second kappa shape index (κ2) is 6.74. The van der Waals surface area contributed by atoms with Gasteiger partial charge < -0.3 is 29.9 Å². The maximum atomic E-state index is 12.9. The molecule has 1 aromatic carbocycles. The van der Waals surface area contributed by atoms with E-state index in [2.05, 4.69) is 15.6 Å². The first-order valence-corrected chi connectivity index (χ1v) is 9.50. The molecule has 1 saturated heterocycles. The summed E-state index contributed by atoms with van der Waals surface area (Å²) in [6, 6.07) is 7.45. The van der Waals surface area contributed by atoms with Crippen LogP contribution in [0.2, 0.25) is 0 Å². The number of nitrogens with one attached hydrogen (secondary N) is 2. The molecule has 4 amide bonds. The zero-order valence-electron chi connectivity index (χ0n) is 16.7. The second-order valence-electron chi connectivity index (χ2n) is 7.44. The lowest BCUT2D eigenvalue weighted by molar-refractivity contribution is -0.125. The average molecular weight is 435 g/mol. The number of urea groups is 1. The largest absolute Gasteiger partial charge is 0.497 e. The summed E-state index contributed by atoms with van der Waals surface area (Å²) >= 11 is 0. The summed E-state index contributed by atoms with van der Waals surface area (Å²) < 4.78 is 12.4. The Kier molecular flexibility index (Phi) is 4.09. The van der Waals surface area contributed by atoms with Gasteiger partial charge in [0.2, 0.25) is 11.6 Å². The molecule has 11 heteroatoms. The number of carbonyl (C=O) groups excluding carboxylic acids is 3. The molecule has 1 aliphatic rings. The van der Waals surface area contributed by atoms with Gasteiger partial charge in [-0.3, -0.25) is 14.9 Å². The average Bonchev–Trinajstić information content (AvgIpc) is 3.41. The quantitative estimate of drug-likeness (QED) is 0.344. The molecule has 5 N–H and O–H groups in total. The summed E-state index contributed by atoms with van der Waals surface area (Å²) in [5.74, 6) is -0.799. The van der Waals surface area contributed by atoms with Gasteiger partial charge in [0.05, 0.1) is 19.2 Å². The highest BCUT2D eigenvalue weighted by atomic mass is 16.5. The van der Waals surface area contributed by atoms with Gasteiger partial charge >= 0.3 is 6.03 Å². The van der Waals surface area contributed by atoms with Gasteiger partial charge in [-0.15, -0.1) is 0 Å². The standard InChI is InChI=1S/C21H17N5O6/c1-31-13-3-2-10-8-26(18(28)14(10)6-13)9-21(19(29)24-20(30)25-21)15-5-11-4-12(16(22)27)7-23-17(11)32-15/h2-8,28H,9H2,1H3,(H2,22,27)(H2,24,25,29,30)/t21-/m0/s1. The number of carbonyl (C=O) groups is 3. The number of pyridine rings is 1. The third-order valence-electron chi connectivity index (χ3n) is 5.49. The van der Waals surface area contributed by atoms with Crippen LogP contribution in [0.5, 0.6) is 11.6 Å². The lowest BCUT2D eigenvalue weighted by Gasteiger charge is -2.24. The van der Waals surface area contributed by atoms with Gasteiger partial charge in [0.15, 0.2) is 11.4 Å². The normalized spacial score (nSPS) is 18.2. The number of fused-ring (bicyclic) bond motifs is 2. The molecule has 162 valence electrons. The molecule has 4 aromatic rings. The van der Waals surface area contributed by atoms with E-state index in [9.17, 15) is 19.5 Å². The Morgan fingerprint density at radius 2 is 2.09 bits per heavy atom. The predicted octanol–water partition coefficient (Wildman–Crippen LogP) is 1.33. The molecule has 0 saturated carbocycles. The number of hydrogen-bond acceptors (Lipinski definition) is 7. The Morgan fingerprint density at radius 3 is 2.78 bits per heavy atom. The first-order valence-electron chi connectivity index (χ1n) is 9.50. The molecule has 5 rings (SSSR count). The zero-order valence-corrected chi connectivity index (χ0v) is 16.7. The van der Waals surface area contributed by atoms with Crippen LogP contribution in [-0.2, 0) is 16.9 Å². The topological polar surface area (TPSA) is 162 Å². The molecule has 0 unspecified atom stereocenters. The number of nitrogens with two attached hydrogens (primary N) is 1. The van der Waals surface area contributed by atoms with Gasteiger partial charge in [0, 0.05) is 28.6 Å². The summed E-state index contributed by atoms with van der Waals surface area (Å²) in [6.45, 7) is -0.171. The van der Waals surface area contributed by atoms with Crippen molar-refractivity contribution in [3.05, 3.63) is 54.0 Å². The summed E-state index contributed by atoms with van der Waals surface area (Å²) in [5, 5.41) is 17.3. The number of ether oxygens (including phenoxy) is 1. The number of benzene rings is 1. The third-order valence-corrected chi connectivity index (χ3v) is 5.49. The molecule has 0 radical (unpaired) electrons. The fraction of sp³-hybridized carbons (Fsp3) is 0.143. The summed E-state index contributed by atoms with van der Waals surface area (Å²) in [7, 11) is 1.52. The van der Waals surface area contributed by atoms with E-state index in [0.29, 0.717) is 21.9 Å².